The van der Waals surface area contributed by atoms with Crippen LogP contribution in [0.1, 0.15) is 24.4 Å². The maximum atomic E-state index is 5.60. The predicted molar refractivity (Wildman–Crippen MR) is 64.5 cm³/mol. The van der Waals surface area contributed by atoms with Gasteiger partial charge in [-0.2, -0.15) is 5.10 Å². The fourth-order valence-electron chi connectivity index (χ4n) is 2.28. The van der Waals surface area contributed by atoms with Crippen molar-refractivity contribution in [2.75, 3.05) is 13.2 Å². The Morgan fingerprint density at radius 1 is 1.47 bits per heavy atom. The van der Waals surface area contributed by atoms with Crippen molar-refractivity contribution in [1.29, 1.82) is 0 Å². The number of hydrogen-bond acceptors (Lipinski definition) is 4. The van der Waals surface area contributed by atoms with E-state index in [0.29, 0.717) is 12.6 Å². The highest BCUT2D eigenvalue weighted by molar-refractivity contribution is 5.75. The molecule has 2 aromatic heterocycles. The normalized spacial score (nSPS) is 20.9. The summed E-state index contributed by atoms with van der Waals surface area (Å²) in [6.45, 7) is 2.11. The average molecular weight is 232 g/mol. The molecular weight excluding hydrogens is 216 g/mol. The molecule has 0 bridgehead atoms. The van der Waals surface area contributed by atoms with Crippen molar-refractivity contribution in [3.05, 3.63) is 24.0 Å². The Labute approximate surface area is 99.6 Å². The van der Waals surface area contributed by atoms with Crippen LogP contribution in [0.2, 0.25) is 0 Å². The van der Waals surface area contributed by atoms with Crippen molar-refractivity contribution >= 4 is 11.0 Å². The summed E-state index contributed by atoms with van der Waals surface area (Å²) in [6, 6.07) is 2.37. The molecule has 2 aromatic rings. The minimum absolute atomic E-state index is 0.317. The average Bonchev–Trinajstić information content (AvgIpc) is 2.82. The lowest BCUT2D eigenvalue weighted by Gasteiger charge is -2.22. The van der Waals surface area contributed by atoms with E-state index in [0.717, 1.165) is 42.7 Å². The molecule has 0 aliphatic carbocycles. The molecule has 0 aromatic carbocycles. The van der Waals surface area contributed by atoms with Gasteiger partial charge in [0.1, 0.15) is 0 Å². The van der Waals surface area contributed by atoms with Crippen LogP contribution >= 0.6 is 0 Å². The lowest BCUT2D eigenvalue weighted by Crippen LogP contribution is -2.22. The lowest BCUT2D eigenvalue weighted by atomic mass is 10.1. The number of ether oxygens (including phenoxy) is 1. The zero-order valence-electron chi connectivity index (χ0n) is 9.67. The third-order valence-electron chi connectivity index (χ3n) is 3.21. The molecule has 2 N–H and O–H groups in total. The molecule has 0 radical (unpaired) electrons. The van der Waals surface area contributed by atoms with E-state index < -0.39 is 0 Å². The third kappa shape index (κ3) is 1.92. The van der Waals surface area contributed by atoms with Gasteiger partial charge >= 0.3 is 0 Å². The zero-order valence-corrected chi connectivity index (χ0v) is 9.67. The summed E-state index contributed by atoms with van der Waals surface area (Å²) in [5.41, 5.74) is 7.57. The second-order valence-electron chi connectivity index (χ2n) is 4.42. The Morgan fingerprint density at radius 2 is 2.41 bits per heavy atom. The summed E-state index contributed by atoms with van der Waals surface area (Å²) < 4.78 is 7.47. The van der Waals surface area contributed by atoms with E-state index in [2.05, 4.69) is 16.1 Å². The van der Waals surface area contributed by atoms with Crippen LogP contribution < -0.4 is 5.73 Å². The molecule has 0 saturated carbocycles. The third-order valence-corrected chi connectivity index (χ3v) is 3.21. The van der Waals surface area contributed by atoms with Crippen LogP contribution in [-0.4, -0.2) is 28.0 Å². The van der Waals surface area contributed by atoms with Crippen LogP contribution in [0.3, 0.4) is 0 Å². The number of nitrogens with zero attached hydrogens (tertiary/aromatic N) is 3. The first-order valence-electron chi connectivity index (χ1n) is 5.98. The standard InChI is InChI=1S/C12H16N4O/c13-5-9-4-10-7-15-16(12(10)14-6-9)11-2-1-3-17-8-11/h4,6-7,11H,1-3,5,8,13H2. The van der Waals surface area contributed by atoms with Crippen molar-refractivity contribution in [2.45, 2.75) is 25.4 Å². The van der Waals surface area contributed by atoms with Crippen LogP contribution in [0.5, 0.6) is 0 Å². The van der Waals surface area contributed by atoms with Crippen molar-refractivity contribution in [3.8, 4) is 0 Å². The van der Waals surface area contributed by atoms with Gasteiger partial charge in [-0.15, -0.1) is 0 Å². The fraction of sp³-hybridized carbons (Fsp3) is 0.500. The lowest BCUT2D eigenvalue weighted by molar-refractivity contribution is 0.0563. The SMILES string of the molecule is NCc1cnc2c(cnn2C2CCCOC2)c1. The molecule has 1 aliphatic rings. The molecule has 1 unspecified atom stereocenters. The summed E-state index contributed by atoms with van der Waals surface area (Å²) in [7, 11) is 0. The molecule has 90 valence electrons. The molecule has 17 heavy (non-hydrogen) atoms. The largest absolute Gasteiger partial charge is 0.379 e. The monoisotopic (exact) mass is 232 g/mol. The number of pyridine rings is 1. The van der Waals surface area contributed by atoms with E-state index in [1.54, 1.807) is 0 Å². The Bertz CT molecular complexity index is 516. The van der Waals surface area contributed by atoms with Crippen molar-refractivity contribution in [1.82, 2.24) is 14.8 Å². The van der Waals surface area contributed by atoms with Gasteiger partial charge in [-0.05, 0) is 24.5 Å². The van der Waals surface area contributed by atoms with E-state index in [1.807, 2.05) is 17.1 Å². The van der Waals surface area contributed by atoms with Gasteiger partial charge in [0.2, 0.25) is 0 Å². The van der Waals surface area contributed by atoms with Gasteiger partial charge in [0.15, 0.2) is 5.65 Å². The minimum atomic E-state index is 0.317. The predicted octanol–water partition coefficient (Wildman–Crippen LogP) is 1.24. The molecule has 0 spiro atoms. The quantitative estimate of drug-likeness (QED) is 0.846. The maximum Gasteiger partial charge on any atom is 0.158 e. The molecule has 5 nitrogen and oxygen atoms in total. The highest BCUT2D eigenvalue weighted by Gasteiger charge is 2.18. The van der Waals surface area contributed by atoms with E-state index in [-0.39, 0.29) is 0 Å². The summed E-state index contributed by atoms with van der Waals surface area (Å²) in [6.07, 6.45) is 5.88. The first kappa shape index (κ1) is 10.7. The number of rotatable bonds is 2. The van der Waals surface area contributed by atoms with E-state index in [9.17, 15) is 0 Å². The topological polar surface area (TPSA) is 66.0 Å². The van der Waals surface area contributed by atoms with Gasteiger partial charge < -0.3 is 10.5 Å². The minimum Gasteiger partial charge on any atom is -0.379 e. The molecule has 1 atom stereocenters. The zero-order chi connectivity index (χ0) is 11.7. The van der Waals surface area contributed by atoms with Gasteiger partial charge in [0.25, 0.3) is 0 Å². The van der Waals surface area contributed by atoms with Crippen LogP contribution in [0.25, 0.3) is 11.0 Å². The smallest absolute Gasteiger partial charge is 0.158 e. The van der Waals surface area contributed by atoms with E-state index in [1.165, 1.54) is 0 Å². The number of nitrogens with two attached hydrogens (primary N) is 1. The molecular formula is C12H16N4O. The Morgan fingerprint density at radius 3 is 3.18 bits per heavy atom. The van der Waals surface area contributed by atoms with Crippen molar-refractivity contribution in [3.63, 3.8) is 0 Å². The number of aromatic nitrogens is 3. The van der Waals surface area contributed by atoms with Crippen molar-refractivity contribution in [2.24, 2.45) is 5.73 Å². The first-order chi connectivity index (χ1) is 8.38. The van der Waals surface area contributed by atoms with E-state index >= 15 is 0 Å². The first-order valence-corrected chi connectivity index (χ1v) is 5.98. The van der Waals surface area contributed by atoms with Gasteiger partial charge in [-0.25, -0.2) is 9.67 Å². The van der Waals surface area contributed by atoms with Gasteiger partial charge in [-0.1, -0.05) is 0 Å². The highest BCUT2D eigenvalue weighted by Crippen LogP contribution is 2.23. The van der Waals surface area contributed by atoms with E-state index in [4.69, 9.17) is 10.5 Å². The molecule has 0 amide bonds. The molecule has 1 saturated heterocycles. The fourth-order valence-corrected chi connectivity index (χ4v) is 2.28. The highest BCUT2D eigenvalue weighted by atomic mass is 16.5. The maximum absolute atomic E-state index is 5.60. The molecule has 1 aliphatic heterocycles. The van der Waals surface area contributed by atoms with Crippen molar-refractivity contribution < 1.29 is 4.74 Å². The molecule has 5 heteroatoms. The van der Waals surface area contributed by atoms with Crippen LogP contribution in [0.15, 0.2) is 18.5 Å². The second kappa shape index (κ2) is 4.43. The molecule has 3 heterocycles. The van der Waals surface area contributed by atoms with Gasteiger partial charge in [0, 0.05) is 24.7 Å². The Balaban J connectivity index is 1.99. The summed E-state index contributed by atoms with van der Waals surface area (Å²) in [4.78, 5) is 4.45. The number of fused-ring (bicyclic) bond motifs is 1. The second-order valence-corrected chi connectivity index (χ2v) is 4.42. The molecule has 1 fully saturated rings. The van der Waals surface area contributed by atoms with Gasteiger partial charge in [-0.3, -0.25) is 0 Å². The Kier molecular flexibility index (Phi) is 2.78. The summed E-state index contributed by atoms with van der Waals surface area (Å²) in [5.74, 6) is 0. The van der Waals surface area contributed by atoms with Crippen LogP contribution in [0.4, 0.5) is 0 Å². The summed E-state index contributed by atoms with van der Waals surface area (Å²) in [5, 5.41) is 5.48. The Hall–Kier alpha value is -1.46. The van der Waals surface area contributed by atoms with Gasteiger partial charge in [0.05, 0.1) is 18.8 Å². The molecule has 3 rings (SSSR count). The number of hydrogen-bond donors (Lipinski definition) is 1. The van der Waals surface area contributed by atoms with Crippen LogP contribution in [0, 0.1) is 0 Å². The van der Waals surface area contributed by atoms with Crippen LogP contribution in [-0.2, 0) is 11.3 Å². The summed E-state index contributed by atoms with van der Waals surface area (Å²) >= 11 is 0.